The molecule has 0 aliphatic rings. The Kier molecular flexibility index (Phi) is 6.85. The molecule has 146 valence electrons. The van der Waals surface area contributed by atoms with Gasteiger partial charge >= 0.3 is 6.03 Å². The summed E-state index contributed by atoms with van der Waals surface area (Å²) in [7, 11) is 1.77. The minimum atomic E-state index is -0.167. The fourth-order valence-corrected chi connectivity index (χ4v) is 2.85. The molecule has 0 bridgehead atoms. The molecule has 0 aromatic heterocycles. The number of carbonyl (C=O) groups is 1. The Morgan fingerprint density at radius 1 is 0.966 bits per heavy atom. The van der Waals surface area contributed by atoms with E-state index in [9.17, 15) is 4.79 Å². The van der Waals surface area contributed by atoms with Crippen LogP contribution in [0.25, 0.3) is 0 Å². The van der Waals surface area contributed by atoms with E-state index in [4.69, 9.17) is 10.00 Å². The second-order valence-corrected chi connectivity index (χ2v) is 6.74. The van der Waals surface area contributed by atoms with Gasteiger partial charge in [-0.25, -0.2) is 4.79 Å². The highest BCUT2D eigenvalue weighted by molar-refractivity contribution is 5.89. The van der Waals surface area contributed by atoms with Crippen molar-refractivity contribution in [1.29, 1.82) is 5.26 Å². The van der Waals surface area contributed by atoms with Crippen molar-refractivity contribution in [3.8, 4) is 11.8 Å². The lowest BCUT2D eigenvalue weighted by Crippen LogP contribution is -2.30. The summed E-state index contributed by atoms with van der Waals surface area (Å²) in [4.78, 5) is 14.1. The average molecular weight is 385 g/mol. The fraction of sp³-hybridized carbons (Fsp3) is 0.167. The molecule has 0 saturated heterocycles. The van der Waals surface area contributed by atoms with Crippen LogP contribution < -0.4 is 10.1 Å². The maximum absolute atomic E-state index is 12.5. The van der Waals surface area contributed by atoms with Gasteiger partial charge < -0.3 is 15.0 Å². The highest BCUT2D eigenvalue weighted by Crippen LogP contribution is 2.17. The summed E-state index contributed by atoms with van der Waals surface area (Å²) in [6, 6.07) is 26.9. The molecule has 0 heterocycles. The van der Waals surface area contributed by atoms with Crippen LogP contribution >= 0.6 is 0 Å². The van der Waals surface area contributed by atoms with Crippen molar-refractivity contribution >= 4 is 11.7 Å². The predicted molar refractivity (Wildman–Crippen MR) is 113 cm³/mol. The standard InChI is InChI=1S/C24H23N3O2/c1-27(17-20-6-3-2-4-7-20)24(28)26-22-9-5-8-21(16-22)18-29-23-12-10-19(11-13-23)14-15-25/h2-13,16H,14,17-18H2,1H3,(H,26,28). The van der Waals surface area contributed by atoms with Gasteiger partial charge in [0.15, 0.2) is 0 Å². The van der Waals surface area contributed by atoms with E-state index in [2.05, 4.69) is 11.4 Å². The first kappa shape index (κ1) is 20.0. The van der Waals surface area contributed by atoms with Crippen LogP contribution in [0.1, 0.15) is 16.7 Å². The summed E-state index contributed by atoms with van der Waals surface area (Å²) in [5.41, 5.74) is 3.72. The second-order valence-electron chi connectivity index (χ2n) is 6.74. The zero-order valence-electron chi connectivity index (χ0n) is 16.3. The summed E-state index contributed by atoms with van der Waals surface area (Å²) in [6.45, 7) is 0.929. The predicted octanol–water partition coefficient (Wildman–Crippen LogP) is 5.00. The van der Waals surface area contributed by atoms with Gasteiger partial charge in [-0.15, -0.1) is 0 Å². The number of ether oxygens (including phenoxy) is 1. The lowest BCUT2D eigenvalue weighted by molar-refractivity contribution is 0.220. The van der Waals surface area contributed by atoms with Gasteiger partial charge in [0, 0.05) is 19.3 Å². The monoisotopic (exact) mass is 385 g/mol. The van der Waals surface area contributed by atoms with Crippen LogP contribution in [0.15, 0.2) is 78.9 Å². The number of hydrogen-bond acceptors (Lipinski definition) is 3. The lowest BCUT2D eigenvalue weighted by atomic mass is 10.1. The Bertz CT molecular complexity index is 979. The molecule has 5 heteroatoms. The van der Waals surface area contributed by atoms with Crippen LogP contribution in [0, 0.1) is 11.3 Å². The number of nitrogens with one attached hydrogen (secondary N) is 1. The number of anilines is 1. The first-order valence-electron chi connectivity index (χ1n) is 9.38. The third-order valence-electron chi connectivity index (χ3n) is 4.40. The highest BCUT2D eigenvalue weighted by Gasteiger charge is 2.09. The summed E-state index contributed by atoms with van der Waals surface area (Å²) in [5, 5.41) is 11.6. The molecule has 3 aromatic rings. The molecule has 0 fully saturated rings. The average Bonchev–Trinajstić information content (AvgIpc) is 2.74. The summed E-state index contributed by atoms with van der Waals surface area (Å²) < 4.78 is 5.81. The third-order valence-corrected chi connectivity index (χ3v) is 4.40. The van der Waals surface area contributed by atoms with Gasteiger partial charge in [-0.05, 0) is 41.0 Å². The molecule has 1 N–H and O–H groups in total. The molecule has 29 heavy (non-hydrogen) atoms. The van der Waals surface area contributed by atoms with Gasteiger partial charge in [0.05, 0.1) is 12.5 Å². The number of nitrogens with zero attached hydrogens (tertiary/aromatic N) is 2. The first-order valence-corrected chi connectivity index (χ1v) is 9.38. The van der Waals surface area contributed by atoms with E-state index < -0.39 is 0 Å². The Balaban J connectivity index is 1.54. The molecule has 0 atom stereocenters. The molecule has 0 saturated carbocycles. The Labute approximate surface area is 171 Å². The molecular weight excluding hydrogens is 362 g/mol. The van der Waals surface area contributed by atoms with Crippen molar-refractivity contribution in [2.24, 2.45) is 0 Å². The highest BCUT2D eigenvalue weighted by atomic mass is 16.5. The van der Waals surface area contributed by atoms with Crippen LogP contribution in [0.4, 0.5) is 10.5 Å². The number of urea groups is 1. The van der Waals surface area contributed by atoms with Crippen molar-refractivity contribution in [1.82, 2.24) is 4.90 Å². The number of rotatable bonds is 7. The van der Waals surface area contributed by atoms with E-state index >= 15 is 0 Å². The summed E-state index contributed by atoms with van der Waals surface area (Å²) in [6.07, 6.45) is 0.390. The molecular formula is C24H23N3O2. The zero-order chi connectivity index (χ0) is 20.5. The molecule has 2 amide bonds. The Hall–Kier alpha value is -3.78. The number of hydrogen-bond donors (Lipinski definition) is 1. The van der Waals surface area contributed by atoms with Gasteiger partial charge in [0.25, 0.3) is 0 Å². The van der Waals surface area contributed by atoms with Crippen molar-refractivity contribution in [2.75, 3.05) is 12.4 Å². The van der Waals surface area contributed by atoms with Crippen molar-refractivity contribution in [3.05, 3.63) is 95.6 Å². The zero-order valence-corrected chi connectivity index (χ0v) is 16.3. The van der Waals surface area contributed by atoms with Gasteiger partial charge in [-0.3, -0.25) is 0 Å². The van der Waals surface area contributed by atoms with E-state index in [1.54, 1.807) is 11.9 Å². The number of amides is 2. The number of benzene rings is 3. The molecule has 0 unspecified atom stereocenters. The van der Waals surface area contributed by atoms with Crippen LogP contribution in [-0.4, -0.2) is 18.0 Å². The van der Waals surface area contributed by atoms with E-state index in [1.165, 1.54) is 0 Å². The van der Waals surface area contributed by atoms with E-state index in [1.807, 2.05) is 78.9 Å². The topological polar surface area (TPSA) is 65.4 Å². The van der Waals surface area contributed by atoms with E-state index in [0.29, 0.717) is 19.6 Å². The molecule has 0 radical (unpaired) electrons. The fourth-order valence-electron chi connectivity index (χ4n) is 2.85. The first-order chi connectivity index (χ1) is 14.1. The maximum Gasteiger partial charge on any atom is 0.321 e. The van der Waals surface area contributed by atoms with E-state index in [-0.39, 0.29) is 6.03 Å². The normalized spacial score (nSPS) is 10.1. The second kappa shape index (κ2) is 9.95. The third kappa shape index (κ3) is 6.12. The van der Waals surface area contributed by atoms with Crippen LogP contribution in [0.2, 0.25) is 0 Å². The smallest absolute Gasteiger partial charge is 0.321 e. The van der Waals surface area contributed by atoms with Crippen LogP contribution in [0.3, 0.4) is 0 Å². The van der Waals surface area contributed by atoms with Crippen molar-refractivity contribution < 1.29 is 9.53 Å². The van der Waals surface area contributed by atoms with E-state index in [0.717, 1.165) is 28.1 Å². The molecule has 3 rings (SSSR count). The lowest BCUT2D eigenvalue weighted by Gasteiger charge is -2.18. The molecule has 0 aliphatic carbocycles. The molecule has 0 spiro atoms. The number of carbonyl (C=O) groups excluding carboxylic acids is 1. The molecule has 5 nitrogen and oxygen atoms in total. The summed E-state index contributed by atoms with van der Waals surface area (Å²) in [5.74, 6) is 0.740. The van der Waals surface area contributed by atoms with Crippen LogP contribution in [-0.2, 0) is 19.6 Å². The SMILES string of the molecule is CN(Cc1ccccc1)C(=O)Nc1cccc(COc2ccc(CC#N)cc2)c1. The van der Waals surface area contributed by atoms with Gasteiger partial charge in [-0.1, -0.05) is 54.6 Å². The largest absolute Gasteiger partial charge is 0.489 e. The quantitative estimate of drug-likeness (QED) is 0.623. The molecule has 0 aliphatic heterocycles. The van der Waals surface area contributed by atoms with Crippen molar-refractivity contribution in [3.63, 3.8) is 0 Å². The minimum Gasteiger partial charge on any atom is -0.489 e. The minimum absolute atomic E-state index is 0.167. The maximum atomic E-state index is 12.5. The molecule has 3 aromatic carbocycles. The number of nitriles is 1. The van der Waals surface area contributed by atoms with Gasteiger partial charge in [0.2, 0.25) is 0 Å². The Morgan fingerprint density at radius 2 is 1.69 bits per heavy atom. The Morgan fingerprint density at radius 3 is 2.41 bits per heavy atom. The van der Waals surface area contributed by atoms with Gasteiger partial charge in [-0.2, -0.15) is 5.26 Å². The van der Waals surface area contributed by atoms with Crippen molar-refractivity contribution in [2.45, 2.75) is 19.6 Å². The summed E-state index contributed by atoms with van der Waals surface area (Å²) >= 11 is 0. The van der Waals surface area contributed by atoms with Gasteiger partial charge in [0.1, 0.15) is 12.4 Å². The van der Waals surface area contributed by atoms with Crippen LogP contribution in [0.5, 0.6) is 5.75 Å².